The zero-order valence-electron chi connectivity index (χ0n) is 14.9. The second kappa shape index (κ2) is 5.23. The van der Waals surface area contributed by atoms with E-state index in [0.29, 0.717) is 12.5 Å². The maximum Gasteiger partial charge on any atom is 0.334 e. The lowest BCUT2D eigenvalue weighted by Crippen LogP contribution is -2.34. The standard InChI is InChI=1S/C21H24O3/c1-12(2)13-5-7-17-15(19(13)23-4)6-8-18-16-11-24-20(22)14(16)9-10-21(17,18)3/h5,7-8,12H,6,9-11H2,1-4H3/t21-/m0/s1. The molecule has 1 aromatic rings. The second-order valence-electron chi connectivity index (χ2n) is 7.56. The van der Waals surface area contributed by atoms with Crippen LogP contribution in [0.2, 0.25) is 0 Å². The predicted molar refractivity (Wildman–Crippen MR) is 93.4 cm³/mol. The van der Waals surface area contributed by atoms with Crippen molar-refractivity contribution in [1.29, 1.82) is 0 Å². The van der Waals surface area contributed by atoms with Crippen molar-refractivity contribution in [3.05, 3.63) is 51.6 Å². The molecule has 1 aliphatic heterocycles. The molecule has 0 aromatic heterocycles. The van der Waals surface area contributed by atoms with Crippen LogP contribution < -0.4 is 4.74 Å². The van der Waals surface area contributed by atoms with Crippen molar-refractivity contribution in [2.75, 3.05) is 13.7 Å². The van der Waals surface area contributed by atoms with Gasteiger partial charge in [-0.3, -0.25) is 0 Å². The summed E-state index contributed by atoms with van der Waals surface area (Å²) >= 11 is 0. The van der Waals surface area contributed by atoms with Crippen molar-refractivity contribution in [3.8, 4) is 5.75 Å². The van der Waals surface area contributed by atoms with Gasteiger partial charge in [0.15, 0.2) is 0 Å². The van der Waals surface area contributed by atoms with Gasteiger partial charge in [0.05, 0.1) is 7.11 Å². The molecular formula is C21H24O3. The maximum absolute atomic E-state index is 11.9. The van der Waals surface area contributed by atoms with Gasteiger partial charge in [-0.2, -0.15) is 0 Å². The van der Waals surface area contributed by atoms with Gasteiger partial charge in [0.2, 0.25) is 0 Å². The van der Waals surface area contributed by atoms with Crippen molar-refractivity contribution in [2.24, 2.45) is 0 Å². The van der Waals surface area contributed by atoms with E-state index in [1.54, 1.807) is 7.11 Å². The summed E-state index contributed by atoms with van der Waals surface area (Å²) in [5, 5.41) is 0. The van der Waals surface area contributed by atoms with Gasteiger partial charge in [0.1, 0.15) is 12.4 Å². The van der Waals surface area contributed by atoms with E-state index in [0.717, 1.165) is 36.2 Å². The highest BCUT2D eigenvalue weighted by Crippen LogP contribution is 2.52. The molecule has 126 valence electrons. The number of esters is 1. The summed E-state index contributed by atoms with van der Waals surface area (Å²) in [7, 11) is 1.77. The largest absolute Gasteiger partial charge is 0.496 e. The summed E-state index contributed by atoms with van der Waals surface area (Å²) in [6.07, 6.45) is 4.90. The Balaban J connectivity index is 1.89. The third kappa shape index (κ3) is 1.93. The number of hydrogen-bond acceptors (Lipinski definition) is 3. The molecule has 0 amide bonds. The van der Waals surface area contributed by atoms with E-state index in [2.05, 4.69) is 39.0 Å². The fourth-order valence-corrected chi connectivity index (χ4v) is 4.66. The first-order chi connectivity index (χ1) is 11.5. The molecule has 2 aliphatic carbocycles. The molecule has 1 aromatic carbocycles. The van der Waals surface area contributed by atoms with Gasteiger partial charge in [-0.15, -0.1) is 0 Å². The van der Waals surface area contributed by atoms with Gasteiger partial charge >= 0.3 is 5.97 Å². The van der Waals surface area contributed by atoms with Crippen LogP contribution in [0.3, 0.4) is 0 Å². The Bertz CT molecular complexity index is 798. The van der Waals surface area contributed by atoms with Gasteiger partial charge in [-0.25, -0.2) is 4.79 Å². The fraction of sp³-hybridized carbons (Fsp3) is 0.476. The molecule has 3 heteroatoms. The normalized spacial score (nSPS) is 25.0. The Labute approximate surface area is 143 Å². The Morgan fingerprint density at radius 1 is 1.25 bits per heavy atom. The minimum absolute atomic E-state index is 0.0524. The highest BCUT2D eigenvalue weighted by Gasteiger charge is 2.45. The molecule has 3 nitrogen and oxygen atoms in total. The number of benzene rings is 1. The highest BCUT2D eigenvalue weighted by atomic mass is 16.5. The van der Waals surface area contributed by atoms with Crippen molar-refractivity contribution < 1.29 is 14.3 Å². The number of fused-ring (bicyclic) bond motifs is 4. The third-order valence-corrected chi connectivity index (χ3v) is 5.97. The van der Waals surface area contributed by atoms with Crippen LogP contribution in [0.4, 0.5) is 0 Å². The van der Waals surface area contributed by atoms with Crippen LogP contribution in [-0.4, -0.2) is 19.7 Å². The summed E-state index contributed by atoms with van der Waals surface area (Å²) in [5.41, 5.74) is 7.20. The number of methoxy groups -OCH3 is 1. The first-order valence-corrected chi connectivity index (χ1v) is 8.77. The Kier molecular flexibility index (Phi) is 3.38. The van der Waals surface area contributed by atoms with Gasteiger partial charge < -0.3 is 9.47 Å². The molecule has 3 aliphatic rings. The number of allylic oxidation sites excluding steroid dienone is 1. The SMILES string of the molecule is COc1c(C(C)C)ccc2c1CC=C1C3=C(CC[C@]12C)C(=O)OC3. The van der Waals surface area contributed by atoms with E-state index < -0.39 is 0 Å². The molecule has 24 heavy (non-hydrogen) atoms. The number of rotatable bonds is 2. The topological polar surface area (TPSA) is 35.5 Å². The lowest BCUT2D eigenvalue weighted by atomic mass is 9.61. The number of ether oxygens (including phenoxy) is 2. The van der Waals surface area contributed by atoms with Crippen LogP contribution in [0, 0.1) is 0 Å². The molecule has 1 heterocycles. The minimum Gasteiger partial charge on any atom is -0.496 e. The van der Waals surface area contributed by atoms with Gasteiger partial charge in [-0.05, 0) is 41.9 Å². The van der Waals surface area contributed by atoms with E-state index in [4.69, 9.17) is 9.47 Å². The third-order valence-electron chi connectivity index (χ3n) is 5.97. The first kappa shape index (κ1) is 15.5. The van der Waals surface area contributed by atoms with Crippen LogP contribution in [-0.2, 0) is 21.4 Å². The zero-order chi connectivity index (χ0) is 17.1. The van der Waals surface area contributed by atoms with Gasteiger partial charge in [-0.1, -0.05) is 39.0 Å². The summed E-state index contributed by atoms with van der Waals surface area (Å²) in [6.45, 7) is 7.15. The number of cyclic esters (lactones) is 1. The van der Waals surface area contributed by atoms with E-state index >= 15 is 0 Å². The fourth-order valence-electron chi connectivity index (χ4n) is 4.66. The van der Waals surface area contributed by atoms with Crippen LogP contribution in [0.15, 0.2) is 34.9 Å². The second-order valence-corrected chi connectivity index (χ2v) is 7.56. The van der Waals surface area contributed by atoms with Crippen LogP contribution in [0.25, 0.3) is 0 Å². The van der Waals surface area contributed by atoms with Crippen molar-refractivity contribution in [2.45, 2.75) is 51.4 Å². The van der Waals surface area contributed by atoms with Crippen molar-refractivity contribution >= 4 is 5.97 Å². The molecule has 1 atom stereocenters. The molecule has 0 fully saturated rings. The van der Waals surface area contributed by atoms with Gasteiger partial charge in [0.25, 0.3) is 0 Å². The Morgan fingerprint density at radius 3 is 2.75 bits per heavy atom. The number of carbonyl (C=O) groups excluding carboxylic acids is 1. The average molecular weight is 324 g/mol. The van der Waals surface area contributed by atoms with Crippen molar-refractivity contribution in [1.82, 2.24) is 0 Å². The minimum atomic E-state index is -0.119. The zero-order valence-corrected chi connectivity index (χ0v) is 14.9. The number of hydrogen-bond donors (Lipinski definition) is 0. The lowest BCUT2D eigenvalue weighted by Gasteiger charge is -2.41. The molecule has 0 unspecified atom stereocenters. The highest BCUT2D eigenvalue weighted by molar-refractivity contribution is 5.94. The van der Waals surface area contributed by atoms with E-state index in [9.17, 15) is 4.79 Å². The van der Waals surface area contributed by atoms with Crippen LogP contribution >= 0.6 is 0 Å². The van der Waals surface area contributed by atoms with Crippen molar-refractivity contribution in [3.63, 3.8) is 0 Å². The quantitative estimate of drug-likeness (QED) is 0.765. The monoisotopic (exact) mass is 324 g/mol. The summed E-state index contributed by atoms with van der Waals surface area (Å²) in [4.78, 5) is 11.9. The van der Waals surface area contributed by atoms with Gasteiger partial charge in [0, 0.05) is 22.1 Å². The van der Waals surface area contributed by atoms with Crippen LogP contribution in [0.5, 0.6) is 5.75 Å². The smallest absolute Gasteiger partial charge is 0.334 e. The molecular weight excluding hydrogens is 300 g/mol. The molecule has 0 saturated carbocycles. The molecule has 4 rings (SSSR count). The van der Waals surface area contributed by atoms with E-state index in [1.165, 1.54) is 22.3 Å². The average Bonchev–Trinajstić information content (AvgIpc) is 2.94. The Hall–Kier alpha value is -2.03. The van der Waals surface area contributed by atoms with E-state index in [1.807, 2.05) is 0 Å². The molecule has 0 saturated heterocycles. The summed E-state index contributed by atoms with van der Waals surface area (Å²) < 4.78 is 11.1. The molecule has 0 N–H and O–H groups in total. The molecule has 0 spiro atoms. The maximum atomic E-state index is 11.9. The molecule has 0 bridgehead atoms. The van der Waals surface area contributed by atoms with E-state index in [-0.39, 0.29) is 11.4 Å². The first-order valence-electron chi connectivity index (χ1n) is 8.77. The summed E-state index contributed by atoms with van der Waals surface area (Å²) in [6, 6.07) is 4.50. The Morgan fingerprint density at radius 2 is 2.04 bits per heavy atom. The molecule has 0 radical (unpaired) electrons. The summed E-state index contributed by atoms with van der Waals surface area (Å²) in [5.74, 6) is 1.36. The van der Waals surface area contributed by atoms with Crippen LogP contribution in [0.1, 0.15) is 56.2 Å². The number of carbonyl (C=O) groups is 1. The lowest BCUT2D eigenvalue weighted by molar-refractivity contribution is -0.136. The predicted octanol–water partition coefficient (Wildman–Crippen LogP) is 4.21.